The third-order valence-corrected chi connectivity index (χ3v) is 4.60. The lowest BCUT2D eigenvalue weighted by Crippen LogP contribution is -2.39. The molecule has 2 N–H and O–H groups in total. The Hall–Kier alpha value is -1.92. The van der Waals surface area contributed by atoms with Gasteiger partial charge in [0.25, 0.3) is 11.5 Å². The Labute approximate surface area is 147 Å². The minimum Gasteiger partial charge on any atom is -0.337 e. The lowest BCUT2D eigenvalue weighted by atomic mass is 9.93. The first-order valence-corrected chi connectivity index (χ1v) is 8.12. The van der Waals surface area contributed by atoms with Crippen LogP contribution >= 0.6 is 12.4 Å². The highest BCUT2D eigenvalue weighted by Crippen LogP contribution is 2.22. The molecule has 24 heavy (non-hydrogen) atoms. The SMILES string of the molecule is CNCCC1CCN(C(=O)c2n[nH]c(=O)c3ccccc23)CC1.Cl. The van der Waals surface area contributed by atoms with Gasteiger partial charge < -0.3 is 10.2 Å². The molecule has 1 aliphatic rings. The van der Waals surface area contributed by atoms with Crippen molar-refractivity contribution in [2.45, 2.75) is 19.3 Å². The molecule has 7 heteroatoms. The molecule has 0 saturated carbocycles. The first-order chi connectivity index (χ1) is 11.2. The Balaban J connectivity index is 0.00000208. The van der Waals surface area contributed by atoms with Gasteiger partial charge in [0, 0.05) is 18.5 Å². The number of carbonyl (C=O) groups excluding carboxylic acids is 1. The first-order valence-electron chi connectivity index (χ1n) is 8.12. The number of nitrogens with zero attached hydrogens (tertiary/aromatic N) is 2. The number of hydrogen-bond acceptors (Lipinski definition) is 4. The third kappa shape index (κ3) is 3.76. The monoisotopic (exact) mass is 350 g/mol. The van der Waals surface area contributed by atoms with Gasteiger partial charge in [0.2, 0.25) is 0 Å². The van der Waals surface area contributed by atoms with Gasteiger partial charge in [-0.3, -0.25) is 9.59 Å². The number of rotatable bonds is 4. The zero-order valence-corrected chi connectivity index (χ0v) is 14.6. The van der Waals surface area contributed by atoms with Gasteiger partial charge >= 0.3 is 0 Å². The summed E-state index contributed by atoms with van der Waals surface area (Å²) < 4.78 is 0. The van der Waals surface area contributed by atoms with Crippen LogP contribution in [0.4, 0.5) is 0 Å². The molecule has 1 aliphatic heterocycles. The van der Waals surface area contributed by atoms with Crippen LogP contribution in [-0.2, 0) is 0 Å². The highest BCUT2D eigenvalue weighted by molar-refractivity contribution is 6.04. The third-order valence-electron chi connectivity index (χ3n) is 4.60. The molecule has 6 nitrogen and oxygen atoms in total. The van der Waals surface area contributed by atoms with Crippen molar-refractivity contribution in [2.24, 2.45) is 5.92 Å². The first kappa shape index (κ1) is 18.4. The Bertz CT molecular complexity index is 754. The van der Waals surface area contributed by atoms with Gasteiger partial charge in [-0.15, -0.1) is 12.4 Å². The zero-order valence-electron chi connectivity index (χ0n) is 13.7. The number of halogens is 1. The van der Waals surface area contributed by atoms with Crippen LogP contribution in [0.25, 0.3) is 10.8 Å². The number of H-pyrrole nitrogens is 1. The van der Waals surface area contributed by atoms with E-state index < -0.39 is 0 Å². The predicted octanol–water partition coefficient (Wildman–Crippen LogP) is 1.81. The molecular formula is C17H23ClN4O2. The van der Waals surface area contributed by atoms with Crippen molar-refractivity contribution in [3.63, 3.8) is 0 Å². The molecule has 2 aromatic rings. The van der Waals surface area contributed by atoms with Gasteiger partial charge in [-0.2, -0.15) is 5.10 Å². The topological polar surface area (TPSA) is 78.1 Å². The number of benzene rings is 1. The van der Waals surface area contributed by atoms with Crippen molar-refractivity contribution in [1.29, 1.82) is 0 Å². The molecule has 0 bridgehead atoms. The van der Waals surface area contributed by atoms with E-state index in [1.54, 1.807) is 18.2 Å². The summed E-state index contributed by atoms with van der Waals surface area (Å²) in [6.07, 6.45) is 3.20. The fraction of sp³-hybridized carbons (Fsp3) is 0.471. The maximum Gasteiger partial charge on any atom is 0.274 e. The van der Waals surface area contributed by atoms with Crippen LogP contribution in [0, 0.1) is 5.92 Å². The molecule has 0 aliphatic carbocycles. The maximum absolute atomic E-state index is 12.8. The standard InChI is InChI=1S/C17H22N4O2.ClH/c1-18-9-6-12-7-10-21(11-8-12)17(23)15-13-4-2-3-5-14(13)16(22)20-19-15;/h2-5,12,18H,6-11H2,1H3,(H,20,22);1H. The average Bonchev–Trinajstić information content (AvgIpc) is 2.60. The Morgan fingerprint density at radius 3 is 2.62 bits per heavy atom. The number of fused-ring (bicyclic) bond motifs is 1. The molecule has 3 rings (SSSR count). The van der Waals surface area contributed by atoms with E-state index in [0.29, 0.717) is 22.4 Å². The van der Waals surface area contributed by atoms with E-state index in [9.17, 15) is 9.59 Å². The number of carbonyl (C=O) groups is 1. The summed E-state index contributed by atoms with van der Waals surface area (Å²) in [6.45, 7) is 2.52. The second-order valence-corrected chi connectivity index (χ2v) is 6.07. The van der Waals surface area contributed by atoms with Crippen molar-refractivity contribution >= 4 is 29.1 Å². The van der Waals surface area contributed by atoms with E-state index in [1.165, 1.54) is 0 Å². The van der Waals surface area contributed by atoms with Gasteiger partial charge in [0.05, 0.1) is 5.39 Å². The van der Waals surface area contributed by atoms with Crippen molar-refractivity contribution in [2.75, 3.05) is 26.7 Å². The van der Waals surface area contributed by atoms with Crippen molar-refractivity contribution in [3.8, 4) is 0 Å². The summed E-state index contributed by atoms with van der Waals surface area (Å²) in [6, 6.07) is 7.12. The van der Waals surface area contributed by atoms with E-state index in [4.69, 9.17) is 0 Å². The van der Waals surface area contributed by atoms with E-state index in [1.807, 2.05) is 18.0 Å². The summed E-state index contributed by atoms with van der Waals surface area (Å²) in [5.74, 6) is 0.580. The number of piperidine rings is 1. The summed E-state index contributed by atoms with van der Waals surface area (Å²) >= 11 is 0. The van der Waals surface area contributed by atoms with Gasteiger partial charge in [-0.25, -0.2) is 5.10 Å². The zero-order chi connectivity index (χ0) is 16.2. The van der Waals surface area contributed by atoms with E-state index >= 15 is 0 Å². The van der Waals surface area contributed by atoms with E-state index in [2.05, 4.69) is 15.5 Å². The number of likely N-dealkylation sites (tertiary alicyclic amines) is 1. The molecule has 0 atom stereocenters. The normalized spacial score (nSPS) is 15.3. The molecular weight excluding hydrogens is 328 g/mol. The average molecular weight is 351 g/mol. The van der Waals surface area contributed by atoms with Crippen LogP contribution in [0.15, 0.2) is 29.1 Å². The quantitative estimate of drug-likeness (QED) is 0.881. The summed E-state index contributed by atoms with van der Waals surface area (Å²) in [5, 5.41) is 10.8. The minimum absolute atomic E-state index is 0. The summed E-state index contributed by atoms with van der Waals surface area (Å²) in [4.78, 5) is 26.4. The lowest BCUT2D eigenvalue weighted by Gasteiger charge is -2.31. The van der Waals surface area contributed by atoms with Gasteiger partial charge in [-0.1, -0.05) is 18.2 Å². The molecule has 1 aromatic carbocycles. The molecule has 2 heterocycles. The fourth-order valence-electron chi connectivity index (χ4n) is 3.20. The molecule has 1 saturated heterocycles. The van der Waals surface area contributed by atoms with Crippen LogP contribution in [0.2, 0.25) is 0 Å². The van der Waals surface area contributed by atoms with Crippen LogP contribution in [0.3, 0.4) is 0 Å². The Kier molecular flexibility index (Phi) is 6.34. The molecule has 0 unspecified atom stereocenters. The van der Waals surface area contributed by atoms with Crippen LogP contribution in [0.1, 0.15) is 29.8 Å². The van der Waals surface area contributed by atoms with Crippen LogP contribution in [-0.4, -0.2) is 47.7 Å². The number of hydrogen-bond donors (Lipinski definition) is 2. The minimum atomic E-state index is -0.261. The lowest BCUT2D eigenvalue weighted by molar-refractivity contribution is 0.0682. The van der Waals surface area contributed by atoms with Gasteiger partial charge in [0.1, 0.15) is 0 Å². The maximum atomic E-state index is 12.8. The molecule has 0 spiro atoms. The number of nitrogens with one attached hydrogen (secondary N) is 2. The van der Waals surface area contributed by atoms with E-state index in [0.717, 1.165) is 38.9 Å². The summed E-state index contributed by atoms with van der Waals surface area (Å²) in [7, 11) is 1.96. The number of aromatic nitrogens is 2. The molecule has 1 aromatic heterocycles. The van der Waals surface area contributed by atoms with Crippen LogP contribution in [0.5, 0.6) is 0 Å². The predicted molar refractivity (Wildman–Crippen MR) is 96.8 cm³/mol. The second-order valence-electron chi connectivity index (χ2n) is 6.07. The summed E-state index contributed by atoms with van der Waals surface area (Å²) in [5.41, 5.74) is 0.0804. The van der Waals surface area contributed by atoms with Crippen molar-refractivity contribution in [1.82, 2.24) is 20.4 Å². The molecule has 1 amide bonds. The molecule has 1 fully saturated rings. The second kappa shape index (κ2) is 8.26. The number of amides is 1. The number of aromatic amines is 1. The van der Waals surface area contributed by atoms with Gasteiger partial charge in [-0.05, 0) is 44.8 Å². The van der Waals surface area contributed by atoms with Crippen molar-refractivity contribution < 1.29 is 4.79 Å². The van der Waals surface area contributed by atoms with Crippen molar-refractivity contribution in [3.05, 3.63) is 40.3 Å². The Morgan fingerprint density at radius 2 is 1.96 bits per heavy atom. The highest BCUT2D eigenvalue weighted by atomic mass is 35.5. The smallest absolute Gasteiger partial charge is 0.274 e. The van der Waals surface area contributed by atoms with E-state index in [-0.39, 0.29) is 23.9 Å². The van der Waals surface area contributed by atoms with Gasteiger partial charge in [0.15, 0.2) is 5.69 Å². The van der Waals surface area contributed by atoms with Crippen LogP contribution < -0.4 is 10.9 Å². The molecule has 130 valence electrons. The Morgan fingerprint density at radius 1 is 1.29 bits per heavy atom. The molecule has 0 radical (unpaired) electrons. The largest absolute Gasteiger partial charge is 0.337 e. The fourth-order valence-corrected chi connectivity index (χ4v) is 3.20. The highest BCUT2D eigenvalue weighted by Gasteiger charge is 2.25.